The molecule has 1 aliphatic heterocycles. The minimum Gasteiger partial charge on any atom is -0.384 e. The smallest absolute Gasteiger partial charge is 0.253 e. The van der Waals surface area contributed by atoms with E-state index in [1.54, 1.807) is 19.2 Å². The van der Waals surface area contributed by atoms with Gasteiger partial charge in [0.05, 0.1) is 0 Å². The molecule has 2 rings (SSSR count). The van der Waals surface area contributed by atoms with Gasteiger partial charge < -0.3 is 9.64 Å². The summed E-state index contributed by atoms with van der Waals surface area (Å²) in [5.41, 5.74) is 0.674. The van der Waals surface area contributed by atoms with Crippen molar-refractivity contribution in [2.45, 2.75) is 12.8 Å². The van der Waals surface area contributed by atoms with E-state index in [-0.39, 0.29) is 5.91 Å². The molecule has 4 heteroatoms. The van der Waals surface area contributed by atoms with Gasteiger partial charge in [-0.2, -0.15) is 0 Å². The molecule has 0 aromatic heterocycles. The Morgan fingerprint density at radius 2 is 2.17 bits per heavy atom. The molecule has 1 fully saturated rings. The Hall–Kier alpha value is -1.06. The number of amides is 1. The first-order valence-electron chi connectivity index (χ1n) is 6.24. The third-order valence-electron chi connectivity index (χ3n) is 3.38. The summed E-state index contributed by atoms with van der Waals surface area (Å²) in [5, 5.41) is 0.607. The van der Waals surface area contributed by atoms with Gasteiger partial charge in [-0.05, 0) is 37.0 Å². The molecule has 1 aliphatic rings. The maximum absolute atomic E-state index is 12.3. The number of benzene rings is 1. The first kappa shape index (κ1) is 13.4. The van der Waals surface area contributed by atoms with Crippen LogP contribution in [0, 0.1) is 5.92 Å². The molecular weight excluding hydrogens is 250 g/mol. The molecule has 0 spiro atoms. The molecule has 1 aromatic rings. The van der Waals surface area contributed by atoms with Crippen molar-refractivity contribution in [1.29, 1.82) is 0 Å². The van der Waals surface area contributed by atoms with Gasteiger partial charge in [-0.3, -0.25) is 4.79 Å². The highest BCUT2D eigenvalue weighted by atomic mass is 35.5. The molecule has 0 radical (unpaired) electrons. The lowest BCUT2D eigenvalue weighted by molar-refractivity contribution is 0.0613. The van der Waals surface area contributed by atoms with Gasteiger partial charge in [0.2, 0.25) is 0 Å². The topological polar surface area (TPSA) is 29.5 Å². The molecule has 0 unspecified atom stereocenters. The van der Waals surface area contributed by atoms with E-state index in [1.165, 1.54) is 0 Å². The Kier molecular flexibility index (Phi) is 4.61. The zero-order valence-corrected chi connectivity index (χ0v) is 11.3. The van der Waals surface area contributed by atoms with Crippen molar-refractivity contribution in [2.24, 2.45) is 5.92 Å². The molecule has 0 aliphatic carbocycles. The average Bonchev–Trinajstić information content (AvgIpc) is 2.39. The number of methoxy groups -OCH3 is 1. The summed E-state index contributed by atoms with van der Waals surface area (Å²) in [7, 11) is 1.73. The summed E-state index contributed by atoms with van der Waals surface area (Å²) in [4.78, 5) is 14.2. The highest BCUT2D eigenvalue weighted by molar-refractivity contribution is 6.30. The van der Waals surface area contributed by atoms with Gasteiger partial charge in [0.1, 0.15) is 0 Å². The first-order chi connectivity index (χ1) is 8.70. The number of nitrogens with zero attached hydrogens (tertiary/aromatic N) is 1. The Bertz CT molecular complexity index is 414. The van der Waals surface area contributed by atoms with Crippen molar-refractivity contribution >= 4 is 17.5 Å². The van der Waals surface area contributed by atoms with Gasteiger partial charge in [0.25, 0.3) is 5.91 Å². The van der Waals surface area contributed by atoms with E-state index < -0.39 is 0 Å². The first-order valence-corrected chi connectivity index (χ1v) is 6.62. The third kappa shape index (κ3) is 3.24. The fourth-order valence-corrected chi connectivity index (χ4v) is 2.53. The van der Waals surface area contributed by atoms with Crippen molar-refractivity contribution in [3.05, 3.63) is 34.9 Å². The number of carbonyl (C=O) groups is 1. The van der Waals surface area contributed by atoms with Gasteiger partial charge in [0, 0.05) is 37.4 Å². The molecule has 98 valence electrons. The van der Waals surface area contributed by atoms with Crippen molar-refractivity contribution in [3.63, 3.8) is 0 Å². The van der Waals surface area contributed by atoms with Crippen molar-refractivity contribution < 1.29 is 9.53 Å². The van der Waals surface area contributed by atoms with Crippen molar-refractivity contribution in [2.75, 3.05) is 26.8 Å². The molecule has 18 heavy (non-hydrogen) atoms. The predicted octanol–water partition coefficient (Wildman–Crippen LogP) is 2.84. The van der Waals surface area contributed by atoms with E-state index in [9.17, 15) is 4.79 Å². The molecule has 0 N–H and O–H groups in total. The lowest BCUT2D eigenvalue weighted by atomic mass is 9.97. The molecule has 1 heterocycles. The van der Waals surface area contributed by atoms with E-state index in [4.69, 9.17) is 16.3 Å². The number of piperidine rings is 1. The summed E-state index contributed by atoms with van der Waals surface area (Å²) in [6.07, 6.45) is 2.03. The van der Waals surface area contributed by atoms with E-state index in [1.807, 2.05) is 17.0 Å². The Morgan fingerprint density at radius 3 is 2.78 bits per heavy atom. The second-order valence-corrected chi connectivity index (χ2v) is 5.14. The SMILES string of the molecule is COCC1CCN(C(=O)c2cccc(Cl)c2)CC1. The Labute approximate surface area is 113 Å². The number of rotatable bonds is 3. The number of hydrogen-bond donors (Lipinski definition) is 0. The second-order valence-electron chi connectivity index (χ2n) is 4.70. The molecular formula is C14H18ClNO2. The monoisotopic (exact) mass is 267 g/mol. The van der Waals surface area contributed by atoms with Crippen molar-refractivity contribution in [3.8, 4) is 0 Å². The number of likely N-dealkylation sites (tertiary alicyclic amines) is 1. The van der Waals surface area contributed by atoms with E-state index >= 15 is 0 Å². The van der Waals surface area contributed by atoms with Crippen molar-refractivity contribution in [1.82, 2.24) is 4.90 Å². The molecule has 0 atom stereocenters. The molecule has 0 saturated carbocycles. The van der Waals surface area contributed by atoms with Crippen LogP contribution in [0.15, 0.2) is 24.3 Å². The normalized spacial score (nSPS) is 16.9. The third-order valence-corrected chi connectivity index (χ3v) is 3.61. The predicted molar refractivity (Wildman–Crippen MR) is 72.0 cm³/mol. The van der Waals surface area contributed by atoms with Crippen LogP contribution in [0.1, 0.15) is 23.2 Å². The largest absolute Gasteiger partial charge is 0.384 e. The van der Waals surface area contributed by atoms with E-state index in [0.717, 1.165) is 32.5 Å². The van der Waals surface area contributed by atoms with Crippen LogP contribution in [-0.4, -0.2) is 37.6 Å². The fraction of sp³-hybridized carbons (Fsp3) is 0.500. The highest BCUT2D eigenvalue weighted by Gasteiger charge is 2.23. The molecule has 1 saturated heterocycles. The van der Waals surface area contributed by atoms with E-state index in [2.05, 4.69) is 0 Å². The minimum atomic E-state index is 0.0772. The number of ether oxygens (including phenoxy) is 1. The quantitative estimate of drug-likeness (QED) is 0.843. The van der Waals surface area contributed by atoms with Crippen LogP contribution in [0.3, 0.4) is 0 Å². The summed E-state index contributed by atoms with van der Waals surface area (Å²) >= 11 is 5.90. The molecule has 3 nitrogen and oxygen atoms in total. The second kappa shape index (κ2) is 6.21. The zero-order valence-electron chi connectivity index (χ0n) is 10.6. The lowest BCUT2D eigenvalue weighted by Gasteiger charge is -2.31. The number of carbonyl (C=O) groups excluding carboxylic acids is 1. The van der Waals surface area contributed by atoms with Gasteiger partial charge in [-0.15, -0.1) is 0 Å². The summed E-state index contributed by atoms with van der Waals surface area (Å²) in [5.74, 6) is 0.659. The van der Waals surface area contributed by atoms with Crippen LogP contribution in [-0.2, 0) is 4.74 Å². The molecule has 0 bridgehead atoms. The van der Waals surface area contributed by atoms with Gasteiger partial charge in [-0.1, -0.05) is 17.7 Å². The highest BCUT2D eigenvalue weighted by Crippen LogP contribution is 2.20. The summed E-state index contributed by atoms with van der Waals surface area (Å²) < 4.78 is 5.16. The van der Waals surface area contributed by atoms with Crippen LogP contribution in [0.5, 0.6) is 0 Å². The van der Waals surface area contributed by atoms with Crippen LogP contribution in [0.25, 0.3) is 0 Å². The maximum atomic E-state index is 12.3. The van der Waals surface area contributed by atoms with Crippen LogP contribution in [0.2, 0.25) is 5.02 Å². The molecule has 1 amide bonds. The Balaban J connectivity index is 1.95. The van der Waals surface area contributed by atoms with Crippen LogP contribution >= 0.6 is 11.6 Å². The lowest BCUT2D eigenvalue weighted by Crippen LogP contribution is -2.39. The Morgan fingerprint density at radius 1 is 1.44 bits per heavy atom. The van der Waals surface area contributed by atoms with Gasteiger partial charge >= 0.3 is 0 Å². The average molecular weight is 268 g/mol. The van der Waals surface area contributed by atoms with Crippen LogP contribution in [0.4, 0.5) is 0 Å². The minimum absolute atomic E-state index is 0.0772. The van der Waals surface area contributed by atoms with Crippen LogP contribution < -0.4 is 0 Å². The number of hydrogen-bond acceptors (Lipinski definition) is 2. The zero-order chi connectivity index (χ0) is 13.0. The maximum Gasteiger partial charge on any atom is 0.253 e. The fourth-order valence-electron chi connectivity index (χ4n) is 2.34. The molecule has 1 aromatic carbocycles. The van der Waals surface area contributed by atoms with Gasteiger partial charge in [0.15, 0.2) is 0 Å². The van der Waals surface area contributed by atoms with Gasteiger partial charge in [-0.25, -0.2) is 0 Å². The van der Waals surface area contributed by atoms with E-state index in [0.29, 0.717) is 16.5 Å². The standard InChI is InChI=1S/C14H18ClNO2/c1-18-10-11-5-7-16(8-6-11)14(17)12-3-2-4-13(15)9-12/h2-4,9,11H,5-8,10H2,1H3. The number of halogens is 1. The summed E-state index contributed by atoms with van der Waals surface area (Å²) in [6, 6.07) is 7.14. The summed E-state index contributed by atoms with van der Waals surface area (Å²) in [6.45, 7) is 2.40.